The highest BCUT2D eigenvalue weighted by atomic mass is 19.1. The van der Waals surface area contributed by atoms with E-state index in [0.717, 1.165) is 0 Å². The van der Waals surface area contributed by atoms with Gasteiger partial charge in [-0.1, -0.05) is 0 Å². The van der Waals surface area contributed by atoms with Gasteiger partial charge >= 0.3 is 5.97 Å². The molecule has 0 radical (unpaired) electrons. The minimum absolute atomic E-state index is 0.0364. The lowest BCUT2D eigenvalue weighted by Gasteiger charge is -2.18. The van der Waals surface area contributed by atoms with E-state index < -0.39 is 40.9 Å². The Morgan fingerprint density at radius 2 is 1.78 bits per heavy atom. The van der Waals surface area contributed by atoms with Crippen LogP contribution in [0.25, 0.3) is 0 Å². The van der Waals surface area contributed by atoms with Crippen molar-refractivity contribution in [1.82, 2.24) is 0 Å². The summed E-state index contributed by atoms with van der Waals surface area (Å²) in [6.45, 7) is 0.0364. The summed E-state index contributed by atoms with van der Waals surface area (Å²) in [5, 5.41) is 27.6. The van der Waals surface area contributed by atoms with Crippen LogP contribution in [0.3, 0.4) is 0 Å². The van der Waals surface area contributed by atoms with Crippen molar-refractivity contribution in [1.29, 1.82) is 0 Å². The number of halogens is 2. The first-order valence-corrected chi connectivity index (χ1v) is 5.17. The summed E-state index contributed by atoms with van der Waals surface area (Å²) in [4.78, 5) is 10.6. The monoisotopic (exact) mass is 261 g/mol. The number of carboxylic acids is 1. The standard InChI is InChI=1S/C11H13F2NO4/c12-6-3-5(11(17)18)4-7(13)9(6)10(16)8(15)1-2-14/h3-4,8,10,15-16H,1-2,14H2,(H,17,18). The van der Waals surface area contributed by atoms with E-state index in [1.54, 1.807) is 0 Å². The number of carbonyl (C=O) groups is 1. The second-order valence-corrected chi connectivity index (χ2v) is 3.75. The number of aliphatic hydroxyl groups is 2. The largest absolute Gasteiger partial charge is 0.478 e. The molecule has 0 aliphatic carbocycles. The van der Waals surface area contributed by atoms with Gasteiger partial charge in [-0.2, -0.15) is 0 Å². The number of aromatic carboxylic acids is 1. The number of rotatable bonds is 5. The minimum atomic E-state index is -1.80. The molecule has 5 nitrogen and oxygen atoms in total. The van der Waals surface area contributed by atoms with Crippen molar-refractivity contribution in [2.24, 2.45) is 5.73 Å². The molecule has 0 heterocycles. The summed E-state index contributed by atoms with van der Waals surface area (Å²) in [5.74, 6) is -3.94. The number of benzene rings is 1. The molecule has 0 aromatic heterocycles. The molecule has 0 amide bonds. The Labute approximate surface area is 101 Å². The zero-order valence-corrected chi connectivity index (χ0v) is 9.31. The van der Waals surface area contributed by atoms with Crippen LogP contribution in [0, 0.1) is 11.6 Å². The van der Waals surface area contributed by atoms with Crippen LogP contribution in [0.4, 0.5) is 8.78 Å². The summed E-state index contributed by atoms with van der Waals surface area (Å²) >= 11 is 0. The zero-order valence-electron chi connectivity index (χ0n) is 9.31. The molecular weight excluding hydrogens is 248 g/mol. The van der Waals surface area contributed by atoms with Gasteiger partial charge in [0.25, 0.3) is 0 Å². The predicted molar refractivity (Wildman–Crippen MR) is 58.0 cm³/mol. The highest BCUT2D eigenvalue weighted by Crippen LogP contribution is 2.26. The molecule has 0 bridgehead atoms. The van der Waals surface area contributed by atoms with Crippen LogP contribution in [-0.2, 0) is 0 Å². The van der Waals surface area contributed by atoms with E-state index in [1.807, 2.05) is 0 Å². The molecule has 18 heavy (non-hydrogen) atoms. The molecule has 5 N–H and O–H groups in total. The van der Waals surface area contributed by atoms with Crippen molar-refractivity contribution < 1.29 is 28.9 Å². The summed E-state index contributed by atoms with van der Waals surface area (Å²) in [7, 11) is 0. The lowest BCUT2D eigenvalue weighted by atomic mass is 9.99. The molecule has 1 aromatic rings. The fourth-order valence-corrected chi connectivity index (χ4v) is 1.51. The summed E-state index contributed by atoms with van der Waals surface area (Å²) in [6, 6.07) is 1.16. The van der Waals surface area contributed by atoms with E-state index >= 15 is 0 Å². The second-order valence-electron chi connectivity index (χ2n) is 3.75. The van der Waals surface area contributed by atoms with Crippen LogP contribution in [0.1, 0.15) is 28.4 Å². The molecule has 1 aromatic carbocycles. The van der Waals surface area contributed by atoms with Gasteiger partial charge in [-0.3, -0.25) is 0 Å². The maximum Gasteiger partial charge on any atom is 0.335 e. The average Bonchev–Trinajstić information content (AvgIpc) is 2.27. The molecule has 2 unspecified atom stereocenters. The summed E-state index contributed by atoms with van der Waals surface area (Å²) < 4.78 is 27.0. The van der Waals surface area contributed by atoms with Crippen molar-refractivity contribution in [3.8, 4) is 0 Å². The van der Waals surface area contributed by atoms with Gasteiger partial charge < -0.3 is 21.1 Å². The Morgan fingerprint density at radius 3 is 2.17 bits per heavy atom. The Hall–Kier alpha value is -1.57. The Balaban J connectivity index is 3.13. The average molecular weight is 261 g/mol. The summed E-state index contributed by atoms with van der Waals surface area (Å²) in [5.41, 5.74) is 3.81. The van der Waals surface area contributed by atoms with Crippen molar-refractivity contribution in [3.05, 3.63) is 34.9 Å². The molecule has 0 spiro atoms. The highest BCUT2D eigenvalue weighted by Gasteiger charge is 2.26. The molecule has 1 rings (SSSR count). The van der Waals surface area contributed by atoms with Crippen molar-refractivity contribution in [2.45, 2.75) is 18.6 Å². The third-order valence-corrected chi connectivity index (χ3v) is 2.45. The fraction of sp³-hybridized carbons (Fsp3) is 0.364. The number of aliphatic hydroxyl groups excluding tert-OH is 2. The van der Waals surface area contributed by atoms with Gasteiger partial charge in [0.15, 0.2) is 0 Å². The van der Waals surface area contributed by atoms with Crippen LogP contribution < -0.4 is 5.73 Å². The van der Waals surface area contributed by atoms with Crippen molar-refractivity contribution in [3.63, 3.8) is 0 Å². The minimum Gasteiger partial charge on any atom is -0.478 e. The maximum atomic E-state index is 13.5. The van der Waals surface area contributed by atoms with E-state index in [0.29, 0.717) is 12.1 Å². The Bertz CT molecular complexity index is 430. The smallest absolute Gasteiger partial charge is 0.335 e. The first-order valence-electron chi connectivity index (χ1n) is 5.17. The number of carboxylic acid groups (broad SMARTS) is 1. The molecule has 0 aliphatic rings. The molecule has 0 aliphatic heterocycles. The van der Waals surface area contributed by atoms with Crippen molar-refractivity contribution >= 4 is 5.97 Å². The SMILES string of the molecule is NCCC(O)C(O)c1c(F)cc(C(=O)O)cc1F. The quantitative estimate of drug-likeness (QED) is 0.614. The second kappa shape index (κ2) is 5.85. The molecule has 7 heteroatoms. The third kappa shape index (κ3) is 3.00. The van der Waals surface area contributed by atoms with Gasteiger partial charge in [-0.15, -0.1) is 0 Å². The fourth-order valence-electron chi connectivity index (χ4n) is 1.51. The van der Waals surface area contributed by atoms with Gasteiger partial charge in [0.1, 0.15) is 17.7 Å². The topological polar surface area (TPSA) is 104 Å². The van der Waals surface area contributed by atoms with Gasteiger partial charge in [-0.05, 0) is 25.1 Å². The first kappa shape index (κ1) is 14.5. The van der Waals surface area contributed by atoms with Crippen LogP contribution >= 0.6 is 0 Å². The van der Waals surface area contributed by atoms with Crippen LogP contribution in [0.5, 0.6) is 0 Å². The predicted octanol–water partition coefficient (Wildman–Crippen LogP) is 0.406. The Morgan fingerprint density at radius 1 is 1.28 bits per heavy atom. The molecule has 0 saturated heterocycles. The zero-order chi connectivity index (χ0) is 13.9. The van der Waals surface area contributed by atoms with E-state index in [4.69, 9.17) is 10.8 Å². The van der Waals surface area contributed by atoms with Crippen LogP contribution in [-0.4, -0.2) is 33.9 Å². The van der Waals surface area contributed by atoms with Crippen molar-refractivity contribution in [2.75, 3.05) is 6.54 Å². The Kier molecular flexibility index (Phi) is 4.71. The van der Waals surface area contributed by atoms with E-state index in [1.165, 1.54) is 0 Å². The number of hydrogen-bond acceptors (Lipinski definition) is 4. The molecule has 100 valence electrons. The summed E-state index contributed by atoms with van der Waals surface area (Å²) in [6.07, 6.45) is -3.26. The first-order chi connectivity index (χ1) is 8.38. The van der Waals surface area contributed by atoms with Gasteiger partial charge in [0, 0.05) is 0 Å². The number of hydrogen-bond donors (Lipinski definition) is 4. The van der Waals surface area contributed by atoms with Gasteiger partial charge in [0.2, 0.25) is 0 Å². The third-order valence-electron chi connectivity index (χ3n) is 2.45. The molecule has 0 fully saturated rings. The lowest BCUT2D eigenvalue weighted by Crippen LogP contribution is -2.23. The maximum absolute atomic E-state index is 13.5. The van der Waals surface area contributed by atoms with Crippen LogP contribution in [0.15, 0.2) is 12.1 Å². The normalized spacial score (nSPS) is 14.3. The molecule has 2 atom stereocenters. The molecule has 0 saturated carbocycles. The van der Waals surface area contributed by atoms with Gasteiger partial charge in [-0.25, -0.2) is 13.6 Å². The van der Waals surface area contributed by atoms with E-state index in [9.17, 15) is 23.8 Å². The van der Waals surface area contributed by atoms with E-state index in [2.05, 4.69) is 0 Å². The van der Waals surface area contributed by atoms with E-state index in [-0.39, 0.29) is 13.0 Å². The highest BCUT2D eigenvalue weighted by molar-refractivity contribution is 5.87. The number of nitrogens with two attached hydrogens (primary N) is 1. The molecular formula is C11H13F2NO4. The van der Waals surface area contributed by atoms with Gasteiger partial charge in [0.05, 0.1) is 17.2 Å². The lowest BCUT2D eigenvalue weighted by molar-refractivity contribution is 0.0107. The van der Waals surface area contributed by atoms with Crippen LogP contribution in [0.2, 0.25) is 0 Å².